The first-order valence-corrected chi connectivity index (χ1v) is 11.2. The summed E-state index contributed by atoms with van der Waals surface area (Å²) in [7, 11) is 0. The van der Waals surface area contributed by atoms with E-state index in [2.05, 4.69) is 40.3 Å². The van der Waals surface area contributed by atoms with Crippen molar-refractivity contribution in [3.63, 3.8) is 0 Å². The fraction of sp³-hybridized carbons (Fsp3) is 0.0667. The van der Waals surface area contributed by atoms with E-state index in [1.807, 2.05) is 54.7 Å². The minimum atomic E-state index is -5.16. The average Bonchev–Trinajstić information content (AvgIpc) is 2.94. The van der Waals surface area contributed by atoms with E-state index in [0.29, 0.717) is 6.07 Å². The van der Waals surface area contributed by atoms with Crippen LogP contribution in [0.3, 0.4) is 0 Å². The second-order valence-corrected chi connectivity index (χ2v) is 7.92. The summed E-state index contributed by atoms with van der Waals surface area (Å²) in [6.45, 7) is 0. The molecule has 3 aromatic carbocycles. The molecular formula is C30H18F6IrN2-2. The molecule has 0 bridgehead atoms. The number of rotatable bonds is 3. The molecule has 0 aliphatic rings. The van der Waals surface area contributed by atoms with Crippen LogP contribution in [0, 0.1) is 12.1 Å². The second kappa shape index (κ2) is 12.8. The number of pyridine rings is 2. The Morgan fingerprint density at radius 3 is 1.87 bits per heavy atom. The monoisotopic (exact) mass is 713 g/mol. The van der Waals surface area contributed by atoms with Gasteiger partial charge in [-0.1, -0.05) is 48.5 Å². The minimum Gasteiger partial charge on any atom is -0.305 e. The molecule has 0 atom stereocenters. The van der Waals surface area contributed by atoms with Crippen molar-refractivity contribution in [1.29, 1.82) is 0 Å². The van der Waals surface area contributed by atoms with Gasteiger partial charge in [-0.25, -0.2) is 0 Å². The van der Waals surface area contributed by atoms with Gasteiger partial charge in [-0.05, 0) is 45.8 Å². The smallest absolute Gasteiger partial charge is 0.305 e. The Morgan fingerprint density at radius 1 is 0.564 bits per heavy atom. The van der Waals surface area contributed by atoms with Crippen LogP contribution in [0.25, 0.3) is 33.6 Å². The van der Waals surface area contributed by atoms with Crippen molar-refractivity contribution in [1.82, 2.24) is 9.97 Å². The maximum atomic E-state index is 13.0. The zero-order chi connectivity index (χ0) is 27.2. The fourth-order valence-corrected chi connectivity index (χ4v) is 3.68. The largest absolute Gasteiger partial charge is 0.400 e. The van der Waals surface area contributed by atoms with E-state index in [0.717, 1.165) is 17.3 Å². The standard InChI is InChI=1S/C17H12N.C13H6F6N.Ir/c1-3-7-14(8-4-1)16-11-12-18-17(13-16)15-9-5-2-6-10-15;14-12(15,16)9-5-3-4-8(11(9)13(17,18)19)10-6-1-2-7-20-10;/h1-9,11-13H;1-3,5-7H;/q2*-1;. The maximum Gasteiger partial charge on any atom is 0.400 e. The first-order chi connectivity index (χ1) is 18.1. The van der Waals surface area contributed by atoms with Gasteiger partial charge in [0.2, 0.25) is 0 Å². The third kappa shape index (κ3) is 7.62. The molecule has 0 N–H and O–H groups in total. The predicted octanol–water partition coefficient (Wildman–Crippen LogP) is 8.80. The Hall–Kier alpha value is -3.81. The van der Waals surface area contributed by atoms with Gasteiger partial charge in [0.1, 0.15) is 0 Å². The molecule has 0 spiro atoms. The van der Waals surface area contributed by atoms with Crippen LogP contribution < -0.4 is 0 Å². The van der Waals surface area contributed by atoms with Crippen molar-refractivity contribution >= 4 is 0 Å². The molecule has 39 heavy (non-hydrogen) atoms. The van der Waals surface area contributed by atoms with Crippen LogP contribution in [-0.4, -0.2) is 9.97 Å². The first kappa shape index (κ1) is 29.7. The van der Waals surface area contributed by atoms with Gasteiger partial charge in [-0.3, -0.25) is 0 Å². The van der Waals surface area contributed by atoms with Crippen LogP contribution in [0.2, 0.25) is 0 Å². The van der Waals surface area contributed by atoms with E-state index < -0.39 is 29.0 Å². The summed E-state index contributed by atoms with van der Waals surface area (Å²) in [6.07, 6.45) is -7.22. The predicted molar refractivity (Wildman–Crippen MR) is 132 cm³/mol. The fourth-order valence-electron chi connectivity index (χ4n) is 3.68. The van der Waals surface area contributed by atoms with Crippen molar-refractivity contribution in [2.75, 3.05) is 0 Å². The van der Waals surface area contributed by atoms with E-state index in [-0.39, 0.29) is 25.8 Å². The van der Waals surface area contributed by atoms with Crippen molar-refractivity contribution < 1.29 is 46.4 Å². The van der Waals surface area contributed by atoms with Crippen molar-refractivity contribution in [2.45, 2.75) is 12.4 Å². The van der Waals surface area contributed by atoms with Gasteiger partial charge >= 0.3 is 12.4 Å². The minimum absolute atomic E-state index is 0. The molecule has 2 nitrogen and oxygen atoms in total. The normalized spacial score (nSPS) is 11.1. The summed E-state index contributed by atoms with van der Waals surface area (Å²) in [5.74, 6) is 0. The number of hydrogen-bond donors (Lipinski definition) is 0. The molecular weight excluding hydrogens is 695 g/mol. The van der Waals surface area contributed by atoms with E-state index in [9.17, 15) is 26.3 Å². The molecule has 9 heteroatoms. The average molecular weight is 713 g/mol. The van der Waals surface area contributed by atoms with Crippen LogP contribution in [0.5, 0.6) is 0 Å². The summed E-state index contributed by atoms with van der Waals surface area (Å²) in [4.78, 5) is 8.05. The van der Waals surface area contributed by atoms with Crippen LogP contribution in [0.15, 0.2) is 109 Å². The topological polar surface area (TPSA) is 25.8 Å². The van der Waals surface area contributed by atoms with Crippen LogP contribution >= 0.6 is 0 Å². The third-order valence-electron chi connectivity index (χ3n) is 5.36. The summed E-state index contributed by atoms with van der Waals surface area (Å²) in [5, 5.41) is 0. The molecule has 0 saturated carbocycles. The molecule has 0 aliphatic carbocycles. The Morgan fingerprint density at radius 2 is 1.26 bits per heavy atom. The number of hydrogen-bond acceptors (Lipinski definition) is 2. The zero-order valence-corrected chi connectivity index (χ0v) is 22.3. The van der Waals surface area contributed by atoms with Crippen LogP contribution in [-0.2, 0) is 32.5 Å². The number of nitrogens with zero attached hydrogens (tertiary/aromatic N) is 2. The van der Waals surface area contributed by atoms with E-state index in [1.54, 1.807) is 0 Å². The second-order valence-electron chi connectivity index (χ2n) is 7.92. The number of aromatic nitrogens is 2. The Kier molecular flexibility index (Phi) is 9.78. The SMILES string of the molecule is FC(F)(F)c1cc[c-]c(-c2ccccn2)c1C(F)(F)F.[Ir].[c-]1ccccc1-c1cc(-c2ccccc2)ccn1. The van der Waals surface area contributed by atoms with Crippen LogP contribution in [0.4, 0.5) is 26.3 Å². The molecule has 0 unspecified atom stereocenters. The van der Waals surface area contributed by atoms with Gasteiger partial charge in [0.15, 0.2) is 0 Å². The number of alkyl halides is 6. The summed E-state index contributed by atoms with van der Waals surface area (Å²) < 4.78 is 77.2. The summed E-state index contributed by atoms with van der Waals surface area (Å²) in [5.41, 5.74) is -0.0865. The molecule has 0 fully saturated rings. The van der Waals surface area contributed by atoms with Gasteiger partial charge in [0, 0.05) is 32.5 Å². The third-order valence-corrected chi connectivity index (χ3v) is 5.36. The molecule has 1 radical (unpaired) electrons. The number of halogens is 6. The van der Waals surface area contributed by atoms with E-state index in [1.165, 1.54) is 35.5 Å². The van der Waals surface area contributed by atoms with Crippen LogP contribution in [0.1, 0.15) is 11.1 Å². The van der Waals surface area contributed by atoms with Gasteiger partial charge in [0.25, 0.3) is 0 Å². The van der Waals surface area contributed by atoms with Gasteiger partial charge in [0.05, 0.1) is 0 Å². The van der Waals surface area contributed by atoms with Crippen molar-refractivity contribution in [3.8, 4) is 33.6 Å². The maximum absolute atomic E-state index is 13.0. The van der Waals surface area contributed by atoms with Gasteiger partial charge < -0.3 is 9.97 Å². The number of benzene rings is 3. The molecule has 5 aromatic rings. The zero-order valence-electron chi connectivity index (χ0n) is 19.9. The molecule has 5 rings (SSSR count). The quantitative estimate of drug-likeness (QED) is 0.138. The van der Waals surface area contributed by atoms with E-state index >= 15 is 0 Å². The molecule has 0 amide bonds. The Balaban J connectivity index is 0.000000211. The summed E-state index contributed by atoms with van der Waals surface area (Å²) >= 11 is 0. The Bertz CT molecular complexity index is 1420. The molecule has 0 saturated heterocycles. The van der Waals surface area contributed by atoms with Crippen molar-refractivity contribution in [3.05, 3.63) is 133 Å². The van der Waals surface area contributed by atoms with E-state index in [4.69, 9.17) is 0 Å². The molecule has 201 valence electrons. The Labute approximate surface area is 234 Å². The van der Waals surface area contributed by atoms with Gasteiger partial charge in [-0.15, -0.1) is 59.7 Å². The molecule has 0 aliphatic heterocycles. The molecule has 2 aromatic heterocycles. The molecule has 2 heterocycles. The first-order valence-electron chi connectivity index (χ1n) is 11.2. The summed E-state index contributed by atoms with van der Waals surface area (Å²) in [6, 6.07) is 32.9. The van der Waals surface area contributed by atoms with Crippen molar-refractivity contribution in [2.24, 2.45) is 0 Å². The van der Waals surface area contributed by atoms with Gasteiger partial charge in [-0.2, -0.15) is 26.3 Å².